The van der Waals surface area contributed by atoms with Gasteiger partial charge in [-0.05, 0) is 55.9 Å². The highest BCUT2D eigenvalue weighted by molar-refractivity contribution is 5.86. The highest BCUT2D eigenvalue weighted by Crippen LogP contribution is 2.23. The monoisotopic (exact) mass is 378 g/mol. The van der Waals surface area contributed by atoms with Crippen LogP contribution in [0.3, 0.4) is 0 Å². The third kappa shape index (κ3) is 4.11. The van der Waals surface area contributed by atoms with Gasteiger partial charge in [-0.3, -0.25) is 4.79 Å². The first kappa shape index (κ1) is 18.3. The average Bonchev–Trinajstić information content (AvgIpc) is 3.08. The summed E-state index contributed by atoms with van der Waals surface area (Å²) >= 11 is 0. The summed E-state index contributed by atoms with van der Waals surface area (Å²) in [5.41, 5.74) is 3.46. The van der Waals surface area contributed by atoms with Crippen molar-refractivity contribution in [2.75, 3.05) is 18.4 Å². The summed E-state index contributed by atoms with van der Waals surface area (Å²) in [7, 11) is 0. The van der Waals surface area contributed by atoms with E-state index in [1.165, 1.54) is 5.56 Å². The second-order valence-corrected chi connectivity index (χ2v) is 7.66. The van der Waals surface area contributed by atoms with Gasteiger partial charge in [0.05, 0.1) is 11.0 Å². The minimum atomic E-state index is -0.311. The number of hydrogen-bond acceptors (Lipinski definition) is 3. The van der Waals surface area contributed by atoms with Gasteiger partial charge >= 0.3 is 5.69 Å². The molecule has 1 aromatic heterocycles. The van der Waals surface area contributed by atoms with Crippen LogP contribution in [-0.2, 0) is 11.2 Å². The van der Waals surface area contributed by atoms with Gasteiger partial charge in [0, 0.05) is 18.8 Å². The van der Waals surface area contributed by atoms with E-state index in [-0.39, 0.29) is 17.6 Å². The van der Waals surface area contributed by atoms with Crippen LogP contribution in [0, 0.1) is 5.92 Å². The highest BCUT2D eigenvalue weighted by Gasteiger charge is 2.26. The number of carbonyl (C=O) groups is 1. The second kappa shape index (κ2) is 7.92. The number of benzene rings is 2. The Bertz CT molecular complexity index is 1000. The molecule has 1 saturated heterocycles. The molecular formula is C22H26N4O2. The normalized spacial score (nSPS) is 16.2. The Morgan fingerprint density at radius 3 is 2.57 bits per heavy atom. The molecule has 1 unspecified atom stereocenters. The molecule has 1 amide bonds. The molecule has 2 heterocycles. The summed E-state index contributed by atoms with van der Waals surface area (Å²) in [5.74, 6) is 0.767. The number of imidazole rings is 1. The van der Waals surface area contributed by atoms with E-state index in [1.54, 1.807) is 0 Å². The number of nitrogens with zero attached hydrogens (tertiary/aromatic N) is 1. The molecule has 6 nitrogen and oxygen atoms in total. The number of piperidine rings is 1. The molecule has 1 aliphatic heterocycles. The van der Waals surface area contributed by atoms with E-state index < -0.39 is 0 Å². The minimum absolute atomic E-state index is 0.126. The number of likely N-dealkylation sites (tertiary alicyclic amines) is 1. The van der Waals surface area contributed by atoms with Crippen LogP contribution in [0.15, 0.2) is 53.3 Å². The molecule has 2 aromatic carbocycles. The maximum Gasteiger partial charge on any atom is 0.323 e. The zero-order valence-corrected chi connectivity index (χ0v) is 16.1. The third-order valence-electron chi connectivity index (χ3n) is 5.56. The van der Waals surface area contributed by atoms with Gasteiger partial charge in [-0.1, -0.05) is 30.3 Å². The molecule has 3 aromatic rings. The molecule has 0 radical (unpaired) electrons. The van der Waals surface area contributed by atoms with Gasteiger partial charge < -0.3 is 20.2 Å². The van der Waals surface area contributed by atoms with Crippen molar-refractivity contribution in [2.45, 2.75) is 32.2 Å². The molecule has 146 valence electrons. The molecule has 6 heteroatoms. The number of rotatable bonds is 5. The van der Waals surface area contributed by atoms with E-state index in [0.29, 0.717) is 5.92 Å². The Hall–Kier alpha value is -3.02. The third-order valence-corrected chi connectivity index (χ3v) is 5.56. The first-order chi connectivity index (χ1) is 13.6. The van der Waals surface area contributed by atoms with Crippen LogP contribution in [0.1, 0.15) is 25.3 Å². The summed E-state index contributed by atoms with van der Waals surface area (Å²) < 4.78 is 0. The summed E-state index contributed by atoms with van der Waals surface area (Å²) in [4.78, 5) is 31.7. The van der Waals surface area contributed by atoms with Gasteiger partial charge in [0.2, 0.25) is 5.91 Å². The Morgan fingerprint density at radius 1 is 1.11 bits per heavy atom. The highest BCUT2D eigenvalue weighted by atomic mass is 16.2. The van der Waals surface area contributed by atoms with Crippen molar-refractivity contribution >= 4 is 22.6 Å². The van der Waals surface area contributed by atoms with E-state index in [0.717, 1.165) is 49.1 Å². The van der Waals surface area contributed by atoms with Crippen molar-refractivity contribution < 1.29 is 4.79 Å². The fraction of sp³-hybridized carbons (Fsp3) is 0.364. The topological polar surface area (TPSA) is 81.0 Å². The van der Waals surface area contributed by atoms with Gasteiger partial charge in [0.1, 0.15) is 6.04 Å². The number of fused-ring (bicyclic) bond motifs is 1. The quantitative estimate of drug-likeness (QED) is 0.638. The van der Waals surface area contributed by atoms with Gasteiger partial charge in [0.25, 0.3) is 0 Å². The lowest BCUT2D eigenvalue weighted by Crippen LogP contribution is -2.45. The van der Waals surface area contributed by atoms with Crippen molar-refractivity contribution in [1.82, 2.24) is 14.9 Å². The van der Waals surface area contributed by atoms with E-state index in [2.05, 4.69) is 39.6 Å². The zero-order valence-electron chi connectivity index (χ0n) is 16.1. The molecule has 1 atom stereocenters. The van der Waals surface area contributed by atoms with Crippen LogP contribution in [0.5, 0.6) is 0 Å². The van der Waals surface area contributed by atoms with E-state index in [4.69, 9.17) is 0 Å². The SMILES string of the molecule is CC(Nc1ccc2[nH]c(=O)[nH]c2c1)C(=O)N1CCC(Cc2ccccc2)CC1. The first-order valence-electron chi connectivity index (χ1n) is 9.90. The number of nitrogens with one attached hydrogen (secondary N) is 3. The van der Waals surface area contributed by atoms with Crippen LogP contribution in [0.4, 0.5) is 5.69 Å². The van der Waals surface area contributed by atoms with Gasteiger partial charge in [-0.25, -0.2) is 4.79 Å². The number of hydrogen-bond donors (Lipinski definition) is 3. The maximum absolute atomic E-state index is 12.8. The van der Waals surface area contributed by atoms with Gasteiger partial charge in [0.15, 0.2) is 0 Å². The first-order valence-corrected chi connectivity index (χ1v) is 9.90. The number of H-pyrrole nitrogens is 2. The average molecular weight is 378 g/mol. The predicted molar refractivity (Wildman–Crippen MR) is 111 cm³/mol. The van der Waals surface area contributed by atoms with Crippen LogP contribution in [0.25, 0.3) is 11.0 Å². The van der Waals surface area contributed by atoms with Crippen molar-refractivity contribution in [2.24, 2.45) is 5.92 Å². The zero-order chi connectivity index (χ0) is 19.5. The van der Waals surface area contributed by atoms with Crippen LogP contribution < -0.4 is 11.0 Å². The standard InChI is InChI=1S/C22H26N4O2/c1-15(23-18-7-8-19-20(14-18)25-22(28)24-19)21(27)26-11-9-17(10-12-26)13-16-5-3-2-4-6-16/h2-8,14-15,17,23H,9-13H2,1H3,(H2,24,25,28). The molecular weight excluding hydrogens is 352 g/mol. The van der Waals surface area contributed by atoms with Crippen LogP contribution in [-0.4, -0.2) is 39.9 Å². The predicted octanol–water partition coefficient (Wildman–Crippen LogP) is 3.14. The number of anilines is 1. The molecule has 0 saturated carbocycles. The van der Waals surface area contributed by atoms with E-state index in [9.17, 15) is 9.59 Å². The smallest absolute Gasteiger partial charge is 0.323 e. The lowest BCUT2D eigenvalue weighted by Gasteiger charge is -2.34. The molecule has 0 aliphatic carbocycles. The number of aromatic nitrogens is 2. The minimum Gasteiger partial charge on any atom is -0.374 e. The lowest BCUT2D eigenvalue weighted by atomic mass is 9.90. The molecule has 0 spiro atoms. The summed E-state index contributed by atoms with van der Waals surface area (Å²) in [6.45, 7) is 3.52. The van der Waals surface area contributed by atoms with E-state index >= 15 is 0 Å². The summed E-state index contributed by atoms with van der Waals surface area (Å²) in [6, 6.07) is 15.8. The van der Waals surface area contributed by atoms with Crippen molar-refractivity contribution in [3.63, 3.8) is 0 Å². The molecule has 1 aliphatic rings. The number of aromatic amines is 2. The van der Waals surface area contributed by atoms with Crippen molar-refractivity contribution in [3.05, 3.63) is 64.6 Å². The number of amides is 1. The fourth-order valence-electron chi connectivity index (χ4n) is 4.01. The molecule has 28 heavy (non-hydrogen) atoms. The second-order valence-electron chi connectivity index (χ2n) is 7.66. The maximum atomic E-state index is 12.8. The largest absolute Gasteiger partial charge is 0.374 e. The Labute approximate surface area is 164 Å². The van der Waals surface area contributed by atoms with Crippen molar-refractivity contribution in [1.29, 1.82) is 0 Å². The van der Waals surface area contributed by atoms with Gasteiger partial charge in [-0.15, -0.1) is 0 Å². The van der Waals surface area contributed by atoms with Crippen molar-refractivity contribution in [3.8, 4) is 0 Å². The summed E-state index contributed by atoms with van der Waals surface area (Å²) in [5, 5.41) is 3.26. The van der Waals surface area contributed by atoms with Crippen LogP contribution in [0.2, 0.25) is 0 Å². The Morgan fingerprint density at radius 2 is 1.82 bits per heavy atom. The molecule has 4 rings (SSSR count). The Balaban J connectivity index is 1.32. The van der Waals surface area contributed by atoms with Crippen LogP contribution >= 0.6 is 0 Å². The summed E-state index contributed by atoms with van der Waals surface area (Å²) in [6.07, 6.45) is 3.18. The molecule has 0 bridgehead atoms. The van der Waals surface area contributed by atoms with Gasteiger partial charge in [-0.2, -0.15) is 0 Å². The Kier molecular flexibility index (Phi) is 5.19. The molecule has 3 N–H and O–H groups in total. The van der Waals surface area contributed by atoms with E-state index in [1.807, 2.05) is 36.1 Å². The number of carbonyl (C=O) groups excluding carboxylic acids is 1. The molecule has 1 fully saturated rings. The lowest BCUT2D eigenvalue weighted by molar-refractivity contribution is -0.133. The fourth-order valence-corrected chi connectivity index (χ4v) is 4.01.